The van der Waals surface area contributed by atoms with E-state index in [4.69, 9.17) is 26.1 Å². The Bertz CT molecular complexity index is 731. The Labute approximate surface area is 155 Å². The quantitative estimate of drug-likeness (QED) is 0.521. The number of carbonyl (C=O) groups is 2. The van der Waals surface area contributed by atoms with E-state index in [0.717, 1.165) is 18.9 Å². The fourth-order valence-electron chi connectivity index (χ4n) is 1.76. The van der Waals surface area contributed by atoms with Crippen molar-refractivity contribution in [3.05, 3.63) is 34.3 Å². The highest BCUT2D eigenvalue weighted by Gasteiger charge is 2.10. The Balaban J connectivity index is 0.000000765. The van der Waals surface area contributed by atoms with Crippen LogP contribution in [0.4, 0.5) is 5.13 Å². The number of amides is 1. The molecular weight excluding hydrogens is 358 g/mol. The summed E-state index contributed by atoms with van der Waals surface area (Å²) in [6.07, 6.45) is 0.772. The number of benzene rings is 1. The molecule has 1 aromatic carbocycles. The molecule has 0 saturated heterocycles. The second-order valence-electron chi connectivity index (χ2n) is 5.21. The zero-order valence-corrected chi connectivity index (χ0v) is 15.5. The van der Waals surface area contributed by atoms with Gasteiger partial charge in [0.1, 0.15) is 10.8 Å². The van der Waals surface area contributed by atoms with Crippen molar-refractivity contribution in [1.82, 2.24) is 15.5 Å². The van der Waals surface area contributed by atoms with Gasteiger partial charge in [0.25, 0.3) is 11.9 Å². The molecule has 0 fully saturated rings. The van der Waals surface area contributed by atoms with E-state index in [-0.39, 0.29) is 5.91 Å². The number of carbonyl (C=O) groups excluding carboxylic acids is 1. The number of anilines is 1. The summed E-state index contributed by atoms with van der Waals surface area (Å²) in [5.74, 6) is -0.335. The highest BCUT2D eigenvalue weighted by atomic mass is 32.1. The Morgan fingerprint density at radius 1 is 1.35 bits per heavy atom. The van der Waals surface area contributed by atoms with Crippen LogP contribution in [0.2, 0.25) is 0 Å². The summed E-state index contributed by atoms with van der Waals surface area (Å²) in [5, 5.41) is 18.8. The van der Waals surface area contributed by atoms with E-state index in [2.05, 4.69) is 15.5 Å². The number of aromatic nitrogens is 2. The molecule has 0 radical (unpaired) electrons. The Morgan fingerprint density at radius 3 is 2.62 bits per heavy atom. The van der Waals surface area contributed by atoms with Crippen LogP contribution in [0.1, 0.15) is 34.3 Å². The molecule has 6 N–H and O–H groups in total. The lowest BCUT2D eigenvalue weighted by molar-refractivity contribution is -0.134. The van der Waals surface area contributed by atoms with Gasteiger partial charge in [-0.25, -0.2) is 0 Å². The van der Waals surface area contributed by atoms with E-state index in [1.165, 1.54) is 11.3 Å². The molecule has 9 nitrogen and oxygen atoms in total. The molecule has 0 unspecified atom stereocenters. The minimum absolute atomic E-state index is 0.197. The summed E-state index contributed by atoms with van der Waals surface area (Å²) in [7, 11) is 0. The lowest BCUT2D eigenvalue weighted by Crippen LogP contribution is -2.22. The van der Waals surface area contributed by atoms with Gasteiger partial charge in [-0.05, 0) is 37.6 Å². The van der Waals surface area contributed by atoms with Crippen LogP contribution in [-0.2, 0) is 11.3 Å². The molecule has 10 heteroatoms. The van der Waals surface area contributed by atoms with Crippen molar-refractivity contribution in [3.8, 4) is 5.75 Å². The first-order valence-corrected chi connectivity index (χ1v) is 8.64. The predicted molar refractivity (Wildman–Crippen MR) is 99.1 cm³/mol. The third-order valence-corrected chi connectivity index (χ3v) is 3.69. The van der Waals surface area contributed by atoms with Crippen molar-refractivity contribution in [1.29, 1.82) is 0 Å². The molecule has 0 aliphatic heterocycles. The van der Waals surface area contributed by atoms with Crippen LogP contribution in [0.25, 0.3) is 0 Å². The summed E-state index contributed by atoms with van der Waals surface area (Å²) in [6, 6.07) is 5.35. The highest BCUT2D eigenvalue weighted by Crippen LogP contribution is 2.20. The van der Waals surface area contributed by atoms with E-state index in [0.29, 0.717) is 41.1 Å². The summed E-state index contributed by atoms with van der Waals surface area (Å²) in [4.78, 5) is 21.2. The van der Waals surface area contributed by atoms with Gasteiger partial charge in [0.2, 0.25) is 5.13 Å². The number of ether oxygens (including phenoxy) is 1. The van der Waals surface area contributed by atoms with Gasteiger partial charge in [0.05, 0.1) is 13.2 Å². The minimum atomic E-state index is -0.833. The lowest BCUT2D eigenvalue weighted by Gasteiger charge is -2.10. The van der Waals surface area contributed by atoms with Crippen molar-refractivity contribution < 1.29 is 19.4 Å². The number of aliphatic carboxylic acids is 1. The molecule has 0 atom stereocenters. The van der Waals surface area contributed by atoms with Crippen molar-refractivity contribution in [2.24, 2.45) is 5.73 Å². The van der Waals surface area contributed by atoms with Crippen LogP contribution < -0.4 is 21.5 Å². The normalized spacial score (nSPS) is 9.81. The van der Waals surface area contributed by atoms with Gasteiger partial charge in [-0.15, -0.1) is 10.2 Å². The standard InChI is InChI=1S/C14H19N5O2S.C2H4O2/c1-9-3-4-10(7-11(9)21-6-2-5-15)13(20)17-8-12-18-19-14(16)22-12;1-2(3)4/h3-4,7H,2,5-6,8,15H2,1H3,(H2,16,19)(H,17,20);1H3,(H,3,4). The fraction of sp³-hybridized carbons (Fsp3) is 0.375. The number of aryl methyl sites for hydroxylation is 1. The largest absolute Gasteiger partial charge is 0.493 e. The zero-order valence-electron chi connectivity index (χ0n) is 14.7. The van der Waals surface area contributed by atoms with Gasteiger partial charge in [0, 0.05) is 12.5 Å². The second kappa shape index (κ2) is 11.0. The maximum absolute atomic E-state index is 12.2. The molecule has 26 heavy (non-hydrogen) atoms. The van der Waals surface area contributed by atoms with E-state index in [1.807, 2.05) is 13.0 Å². The molecular formula is C16H23N5O4S. The monoisotopic (exact) mass is 381 g/mol. The second-order valence-corrected chi connectivity index (χ2v) is 6.30. The van der Waals surface area contributed by atoms with Crippen LogP contribution >= 0.6 is 11.3 Å². The number of nitrogens with one attached hydrogen (secondary N) is 1. The predicted octanol–water partition coefficient (Wildman–Crippen LogP) is 1.18. The SMILES string of the molecule is CC(=O)O.Cc1ccc(C(=O)NCc2nnc(N)s2)cc1OCCCN. The number of nitrogen functional groups attached to an aromatic ring is 1. The molecule has 2 aromatic rings. The Hall–Kier alpha value is -2.72. The third-order valence-electron chi connectivity index (χ3n) is 2.94. The van der Waals surface area contributed by atoms with Crippen molar-refractivity contribution in [2.75, 3.05) is 18.9 Å². The van der Waals surface area contributed by atoms with Crippen LogP contribution in [0, 0.1) is 6.92 Å². The number of carboxylic acids is 1. The number of nitrogens with two attached hydrogens (primary N) is 2. The number of hydrogen-bond donors (Lipinski definition) is 4. The molecule has 1 heterocycles. The molecule has 0 saturated carbocycles. The van der Waals surface area contributed by atoms with Crippen LogP contribution in [-0.4, -0.2) is 40.3 Å². The first-order chi connectivity index (χ1) is 12.3. The van der Waals surface area contributed by atoms with Crippen LogP contribution in [0.3, 0.4) is 0 Å². The zero-order chi connectivity index (χ0) is 19.5. The van der Waals surface area contributed by atoms with Gasteiger partial charge in [0.15, 0.2) is 0 Å². The van der Waals surface area contributed by atoms with Crippen LogP contribution in [0.5, 0.6) is 5.75 Å². The summed E-state index contributed by atoms with van der Waals surface area (Å²) in [5.41, 5.74) is 12.5. The fourth-order valence-corrected chi connectivity index (χ4v) is 2.31. The minimum Gasteiger partial charge on any atom is -0.493 e. The van der Waals surface area contributed by atoms with E-state index in [1.54, 1.807) is 12.1 Å². The van der Waals surface area contributed by atoms with E-state index >= 15 is 0 Å². The average Bonchev–Trinajstić information content (AvgIpc) is 2.99. The smallest absolute Gasteiger partial charge is 0.300 e. The van der Waals surface area contributed by atoms with Gasteiger partial charge < -0.3 is 26.6 Å². The van der Waals surface area contributed by atoms with Crippen LogP contribution in [0.15, 0.2) is 18.2 Å². The highest BCUT2D eigenvalue weighted by molar-refractivity contribution is 7.15. The van der Waals surface area contributed by atoms with E-state index in [9.17, 15) is 4.79 Å². The molecule has 0 aliphatic carbocycles. The van der Waals surface area contributed by atoms with Gasteiger partial charge in [-0.2, -0.15) is 0 Å². The average molecular weight is 381 g/mol. The topological polar surface area (TPSA) is 153 Å². The first kappa shape index (κ1) is 21.3. The maximum Gasteiger partial charge on any atom is 0.300 e. The Morgan fingerprint density at radius 2 is 2.04 bits per heavy atom. The molecule has 0 bridgehead atoms. The molecule has 0 aliphatic rings. The lowest BCUT2D eigenvalue weighted by atomic mass is 10.1. The molecule has 1 aromatic heterocycles. The van der Waals surface area contributed by atoms with Gasteiger partial charge in [-0.3, -0.25) is 9.59 Å². The summed E-state index contributed by atoms with van der Waals surface area (Å²) in [6.45, 7) is 4.42. The van der Waals surface area contributed by atoms with Gasteiger partial charge in [-0.1, -0.05) is 17.4 Å². The Kier molecular flexibility index (Phi) is 9.02. The maximum atomic E-state index is 12.2. The van der Waals surface area contributed by atoms with E-state index < -0.39 is 5.97 Å². The molecule has 2 rings (SSSR count). The third kappa shape index (κ3) is 7.90. The number of hydrogen-bond acceptors (Lipinski definition) is 8. The molecule has 1 amide bonds. The number of rotatable bonds is 7. The number of nitrogens with zero attached hydrogens (tertiary/aromatic N) is 2. The first-order valence-electron chi connectivity index (χ1n) is 7.82. The summed E-state index contributed by atoms with van der Waals surface area (Å²) < 4.78 is 5.64. The van der Waals surface area contributed by atoms with Crippen molar-refractivity contribution >= 4 is 28.3 Å². The molecule has 142 valence electrons. The van der Waals surface area contributed by atoms with Crippen molar-refractivity contribution in [3.63, 3.8) is 0 Å². The summed E-state index contributed by atoms with van der Waals surface area (Å²) >= 11 is 1.25. The van der Waals surface area contributed by atoms with Gasteiger partial charge >= 0.3 is 0 Å². The van der Waals surface area contributed by atoms with Crippen molar-refractivity contribution in [2.45, 2.75) is 26.8 Å². The number of carboxylic acid groups (broad SMARTS) is 1. The molecule has 0 spiro atoms.